The first kappa shape index (κ1) is 17.8. The van der Waals surface area contributed by atoms with Gasteiger partial charge in [0.1, 0.15) is 0 Å². The van der Waals surface area contributed by atoms with Crippen LogP contribution in [-0.4, -0.2) is 69.1 Å². The van der Waals surface area contributed by atoms with Crippen molar-refractivity contribution in [1.82, 2.24) is 13.9 Å². The Morgan fingerprint density at radius 2 is 1.89 bits per heavy atom. The van der Waals surface area contributed by atoms with Crippen LogP contribution in [0.25, 0.3) is 0 Å². The second-order valence-corrected chi connectivity index (χ2v) is 6.40. The second kappa shape index (κ2) is 8.82. The van der Waals surface area contributed by atoms with E-state index in [0.29, 0.717) is 32.1 Å². The van der Waals surface area contributed by atoms with Gasteiger partial charge in [0, 0.05) is 39.3 Å². The van der Waals surface area contributed by atoms with E-state index in [1.807, 2.05) is 7.05 Å². The van der Waals surface area contributed by atoms with Crippen LogP contribution in [0.4, 0.5) is 0 Å². The van der Waals surface area contributed by atoms with Gasteiger partial charge in [-0.05, 0) is 26.8 Å². The van der Waals surface area contributed by atoms with Crippen molar-refractivity contribution in [3.05, 3.63) is 0 Å². The van der Waals surface area contributed by atoms with Crippen LogP contribution in [0.3, 0.4) is 0 Å². The summed E-state index contributed by atoms with van der Waals surface area (Å²) in [6.07, 6.45) is 1.49. The minimum absolute atomic E-state index is 0.00336. The van der Waals surface area contributed by atoms with E-state index in [9.17, 15) is 8.42 Å². The van der Waals surface area contributed by atoms with Crippen molar-refractivity contribution < 1.29 is 13.5 Å². The van der Waals surface area contributed by atoms with Gasteiger partial charge in [0.25, 0.3) is 10.2 Å². The first-order valence-corrected chi connectivity index (χ1v) is 7.81. The molecule has 0 bridgehead atoms. The van der Waals surface area contributed by atoms with Gasteiger partial charge in [-0.15, -0.1) is 0 Å². The number of aliphatic hydroxyl groups excluding tert-OH is 1. The number of hydrogen-bond acceptors (Lipinski definition) is 4. The molecule has 0 heterocycles. The molecule has 0 saturated heterocycles. The third-order valence-electron chi connectivity index (χ3n) is 3.13. The first-order valence-electron chi connectivity index (χ1n) is 6.37. The van der Waals surface area contributed by atoms with E-state index in [2.05, 4.69) is 23.5 Å². The lowest BCUT2D eigenvalue weighted by Crippen LogP contribution is -2.43. The van der Waals surface area contributed by atoms with Gasteiger partial charge in [-0.2, -0.15) is 12.7 Å². The number of rotatable bonds is 10. The van der Waals surface area contributed by atoms with Crippen molar-refractivity contribution in [1.29, 1.82) is 0 Å². The largest absolute Gasteiger partial charge is 0.396 e. The van der Waals surface area contributed by atoms with Gasteiger partial charge in [-0.3, -0.25) is 0 Å². The lowest BCUT2D eigenvalue weighted by atomic mass is 10.2. The molecule has 0 radical (unpaired) electrons. The smallest absolute Gasteiger partial charge is 0.279 e. The minimum Gasteiger partial charge on any atom is -0.396 e. The maximum absolute atomic E-state index is 11.8. The van der Waals surface area contributed by atoms with Crippen LogP contribution < -0.4 is 4.72 Å². The summed E-state index contributed by atoms with van der Waals surface area (Å²) in [5.41, 5.74) is 0. The molecule has 0 aliphatic carbocycles. The average Bonchev–Trinajstić information content (AvgIpc) is 2.34. The number of nitrogens with zero attached hydrogens (tertiary/aromatic N) is 2. The van der Waals surface area contributed by atoms with Gasteiger partial charge < -0.3 is 10.0 Å². The number of nitrogens with one attached hydrogen (secondary N) is 1. The predicted molar refractivity (Wildman–Crippen MR) is 73.6 cm³/mol. The van der Waals surface area contributed by atoms with E-state index in [1.165, 1.54) is 11.4 Å². The molecule has 0 aromatic rings. The molecule has 0 rings (SSSR count). The molecule has 6 nitrogen and oxygen atoms in total. The molecule has 2 N–H and O–H groups in total. The van der Waals surface area contributed by atoms with Crippen molar-refractivity contribution in [2.45, 2.75) is 32.7 Å². The SMILES string of the molecule is CCC(C)N(C)CCNS(=O)(=O)N(C)CCCO. The Morgan fingerprint density at radius 3 is 2.39 bits per heavy atom. The van der Waals surface area contributed by atoms with Crippen molar-refractivity contribution >= 4 is 10.2 Å². The molecule has 0 aromatic heterocycles. The summed E-state index contributed by atoms with van der Waals surface area (Å²) in [6.45, 7) is 5.62. The highest BCUT2D eigenvalue weighted by atomic mass is 32.2. The molecule has 0 aliphatic rings. The molecule has 0 aromatic carbocycles. The highest BCUT2D eigenvalue weighted by Gasteiger charge is 2.16. The lowest BCUT2D eigenvalue weighted by Gasteiger charge is -2.24. The highest BCUT2D eigenvalue weighted by molar-refractivity contribution is 7.87. The van der Waals surface area contributed by atoms with E-state index in [-0.39, 0.29) is 6.61 Å². The van der Waals surface area contributed by atoms with Gasteiger partial charge in [-0.25, -0.2) is 4.72 Å². The molecule has 1 unspecified atom stereocenters. The lowest BCUT2D eigenvalue weighted by molar-refractivity contribution is 0.255. The number of hydrogen-bond donors (Lipinski definition) is 2. The van der Waals surface area contributed by atoms with E-state index in [0.717, 1.165) is 6.42 Å². The topological polar surface area (TPSA) is 72.9 Å². The summed E-state index contributed by atoms with van der Waals surface area (Å²) in [5, 5.41) is 8.67. The molecule has 110 valence electrons. The molecule has 0 amide bonds. The standard InChI is InChI=1S/C11H27N3O3S/c1-5-11(2)13(3)9-7-12-18(16,17)14(4)8-6-10-15/h11-12,15H,5-10H2,1-4H3. The van der Waals surface area contributed by atoms with E-state index < -0.39 is 10.2 Å². The fraction of sp³-hybridized carbons (Fsp3) is 1.00. The first-order chi connectivity index (χ1) is 8.35. The van der Waals surface area contributed by atoms with Crippen molar-refractivity contribution in [3.63, 3.8) is 0 Å². The van der Waals surface area contributed by atoms with Crippen LogP contribution in [0.2, 0.25) is 0 Å². The molecule has 18 heavy (non-hydrogen) atoms. The summed E-state index contributed by atoms with van der Waals surface area (Å²) in [7, 11) is 0.0793. The zero-order valence-corrected chi connectivity index (χ0v) is 12.7. The molecule has 0 spiro atoms. The van der Waals surface area contributed by atoms with Gasteiger partial charge in [0.2, 0.25) is 0 Å². The van der Waals surface area contributed by atoms with Crippen molar-refractivity contribution in [2.75, 3.05) is 40.3 Å². The Kier molecular flexibility index (Phi) is 8.71. The van der Waals surface area contributed by atoms with E-state index >= 15 is 0 Å². The second-order valence-electron chi connectivity index (χ2n) is 4.54. The summed E-state index contributed by atoms with van der Waals surface area (Å²) in [6, 6.07) is 0.446. The van der Waals surface area contributed by atoms with Crippen LogP contribution >= 0.6 is 0 Å². The third kappa shape index (κ3) is 6.65. The maximum Gasteiger partial charge on any atom is 0.279 e. The Balaban J connectivity index is 4.04. The van der Waals surface area contributed by atoms with Crippen LogP contribution in [-0.2, 0) is 10.2 Å². The van der Waals surface area contributed by atoms with Gasteiger partial charge >= 0.3 is 0 Å². The Hall–Kier alpha value is -0.210. The molecule has 0 saturated carbocycles. The van der Waals surface area contributed by atoms with E-state index in [1.54, 1.807) is 0 Å². The zero-order chi connectivity index (χ0) is 14.2. The van der Waals surface area contributed by atoms with Gasteiger partial charge in [0.15, 0.2) is 0 Å². The Morgan fingerprint density at radius 1 is 1.28 bits per heavy atom. The maximum atomic E-state index is 11.8. The van der Waals surface area contributed by atoms with Gasteiger partial charge in [0.05, 0.1) is 0 Å². The average molecular weight is 281 g/mol. The summed E-state index contributed by atoms with van der Waals surface area (Å²) in [5.74, 6) is 0. The van der Waals surface area contributed by atoms with E-state index in [4.69, 9.17) is 5.11 Å². The third-order valence-corrected chi connectivity index (χ3v) is 4.71. The quantitative estimate of drug-likeness (QED) is 0.585. The van der Waals surface area contributed by atoms with Crippen LogP contribution in [0.15, 0.2) is 0 Å². The fourth-order valence-electron chi connectivity index (χ4n) is 1.41. The summed E-state index contributed by atoms with van der Waals surface area (Å²) in [4.78, 5) is 2.12. The highest BCUT2D eigenvalue weighted by Crippen LogP contribution is 1.99. The number of aliphatic hydroxyl groups is 1. The summed E-state index contributed by atoms with van der Waals surface area (Å²) < 4.78 is 27.3. The molecular formula is C11H27N3O3S. The predicted octanol–water partition coefficient (Wildman–Crippen LogP) is -0.135. The Labute approximate surface area is 111 Å². The van der Waals surface area contributed by atoms with Gasteiger partial charge in [-0.1, -0.05) is 6.92 Å². The van der Waals surface area contributed by atoms with Crippen molar-refractivity contribution in [2.24, 2.45) is 0 Å². The molecule has 7 heteroatoms. The molecule has 0 fully saturated rings. The Bertz CT molecular complexity index is 309. The summed E-state index contributed by atoms with van der Waals surface area (Å²) >= 11 is 0. The molecule has 1 atom stereocenters. The van der Waals surface area contributed by atoms with Crippen LogP contribution in [0.5, 0.6) is 0 Å². The fourth-order valence-corrected chi connectivity index (χ4v) is 2.35. The van der Waals surface area contributed by atoms with Crippen molar-refractivity contribution in [3.8, 4) is 0 Å². The van der Waals surface area contributed by atoms with Crippen LogP contribution in [0, 0.1) is 0 Å². The molecule has 0 aliphatic heterocycles. The molecular weight excluding hydrogens is 254 g/mol. The minimum atomic E-state index is -3.42. The monoisotopic (exact) mass is 281 g/mol. The van der Waals surface area contributed by atoms with Crippen LogP contribution in [0.1, 0.15) is 26.7 Å². The zero-order valence-electron chi connectivity index (χ0n) is 11.9. The normalized spacial score (nSPS) is 14.4. The number of likely N-dealkylation sites (N-methyl/N-ethyl adjacent to an activating group) is 1.